The molecule has 3 heterocycles. The fourth-order valence-corrected chi connectivity index (χ4v) is 2.14. The Balaban J connectivity index is 2.06. The summed E-state index contributed by atoms with van der Waals surface area (Å²) in [6.07, 6.45) is -2.36. The van der Waals surface area contributed by atoms with Crippen LogP contribution in [0.25, 0.3) is 11.2 Å². The first-order chi connectivity index (χ1) is 9.13. The Hall–Kier alpha value is -1.84. The summed E-state index contributed by atoms with van der Waals surface area (Å²) in [4.78, 5) is 21.7. The van der Waals surface area contributed by atoms with Crippen LogP contribution >= 0.6 is 0 Å². The van der Waals surface area contributed by atoms with Gasteiger partial charge in [0.05, 0.1) is 12.7 Å². The van der Waals surface area contributed by atoms with Gasteiger partial charge in [-0.3, -0.25) is 9.36 Å². The van der Waals surface area contributed by atoms with Crippen molar-refractivity contribution in [3.05, 3.63) is 23.0 Å². The number of fused-ring (bicyclic) bond motifs is 1. The molecule has 9 heteroatoms. The van der Waals surface area contributed by atoms with E-state index in [0.29, 0.717) is 0 Å². The minimum Gasteiger partial charge on any atom is -0.387 e. The molecule has 2 aromatic rings. The SMILES string of the molecule is O=c1[nH]cnc2c1ncn2[C@@H]1O[C@@H](CF)[C@@H](O)[C@@H]1O. The highest BCUT2D eigenvalue weighted by Gasteiger charge is 2.44. The lowest BCUT2D eigenvalue weighted by molar-refractivity contribution is -0.0409. The van der Waals surface area contributed by atoms with Gasteiger partial charge in [-0.15, -0.1) is 0 Å². The number of rotatable bonds is 2. The molecule has 19 heavy (non-hydrogen) atoms. The fraction of sp³-hybridized carbons (Fsp3) is 0.500. The zero-order valence-corrected chi connectivity index (χ0v) is 9.60. The molecule has 0 unspecified atom stereocenters. The highest BCUT2D eigenvalue weighted by Crippen LogP contribution is 2.30. The van der Waals surface area contributed by atoms with Crippen molar-refractivity contribution in [2.75, 3.05) is 6.67 Å². The Morgan fingerprint density at radius 2 is 2.21 bits per heavy atom. The number of aromatic nitrogens is 4. The Morgan fingerprint density at radius 3 is 2.89 bits per heavy atom. The molecule has 1 aliphatic rings. The molecule has 3 rings (SSSR count). The third-order valence-electron chi connectivity index (χ3n) is 3.13. The van der Waals surface area contributed by atoms with Crippen LogP contribution in [-0.2, 0) is 4.74 Å². The van der Waals surface area contributed by atoms with Crippen molar-refractivity contribution in [3.8, 4) is 0 Å². The van der Waals surface area contributed by atoms with E-state index in [2.05, 4.69) is 15.0 Å². The molecule has 0 aliphatic carbocycles. The number of alkyl halides is 1. The molecule has 102 valence electrons. The van der Waals surface area contributed by atoms with E-state index in [-0.39, 0.29) is 11.2 Å². The molecule has 1 aliphatic heterocycles. The van der Waals surface area contributed by atoms with Gasteiger partial charge in [0.1, 0.15) is 25.0 Å². The molecule has 3 N–H and O–H groups in total. The van der Waals surface area contributed by atoms with Crippen molar-refractivity contribution in [3.63, 3.8) is 0 Å². The minimum atomic E-state index is -1.34. The van der Waals surface area contributed by atoms with Gasteiger partial charge in [0.15, 0.2) is 17.4 Å². The van der Waals surface area contributed by atoms with Gasteiger partial charge in [-0.05, 0) is 0 Å². The van der Waals surface area contributed by atoms with Crippen LogP contribution in [0.4, 0.5) is 4.39 Å². The zero-order valence-electron chi connectivity index (χ0n) is 9.60. The van der Waals surface area contributed by atoms with E-state index in [9.17, 15) is 19.4 Å². The lowest BCUT2D eigenvalue weighted by Gasteiger charge is -2.16. The summed E-state index contributed by atoms with van der Waals surface area (Å²) >= 11 is 0. The summed E-state index contributed by atoms with van der Waals surface area (Å²) in [5.74, 6) is 0. The van der Waals surface area contributed by atoms with Crippen molar-refractivity contribution < 1.29 is 19.3 Å². The number of hydrogen-bond donors (Lipinski definition) is 3. The molecule has 0 aromatic carbocycles. The molecule has 0 spiro atoms. The summed E-state index contributed by atoms with van der Waals surface area (Å²) in [6, 6.07) is 0. The van der Waals surface area contributed by atoms with E-state index in [4.69, 9.17) is 4.74 Å². The summed E-state index contributed by atoms with van der Waals surface area (Å²) in [5, 5.41) is 19.5. The third kappa shape index (κ3) is 1.74. The number of H-pyrrole nitrogens is 1. The van der Waals surface area contributed by atoms with Gasteiger partial charge in [-0.2, -0.15) is 0 Å². The Bertz CT molecular complexity index is 656. The van der Waals surface area contributed by atoms with Gasteiger partial charge < -0.3 is 19.9 Å². The van der Waals surface area contributed by atoms with Gasteiger partial charge in [-0.25, -0.2) is 14.4 Å². The van der Waals surface area contributed by atoms with Crippen LogP contribution in [0, 0.1) is 0 Å². The quantitative estimate of drug-likeness (QED) is 0.625. The van der Waals surface area contributed by atoms with Gasteiger partial charge in [0.2, 0.25) is 0 Å². The van der Waals surface area contributed by atoms with E-state index in [1.807, 2.05) is 0 Å². The highest BCUT2D eigenvalue weighted by molar-refractivity contribution is 5.68. The second-order valence-corrected chi connectivity index (χ2v) is 4.26. The Labute approximate surface area is 105 Å². The van der Waals surface area contributed by atoms with Crippen molar-refractivity contribution in [1.29, 1.82) is 0 Å². The normalized spacial score (nSPS) is 31.1. The summed E-state index contributed by atoms with van der Waals surface area (Å²) in [7, 11) is 0. The minimum absolute atomic E-state index is 0.0801. The fourth-order valence-electron chi connectivity index (χ4n) is 2.14. The first kappa shape index (κ1) is 12.2. The predicted molar refractivity (Wildman–Crippen MR) is 60.0 cm³/mol. The first-order valence-electron chi connectivity index (χ1n) is 5.61. The van der Waals surface area contributed by atoms with E-state index < -0.39 is 36.8 Å². The number of ether oxygens (including phenoxy) is 1. The van der Waals surface area contributed by atoms with Crippen molar-refractivity contribution in [2.24, 2.45) is 0 Å². The monoisotopic (exact) mass is 270 g/mol. The van der Waals surface area contributed by atoms with E-state index in [0.717, 1.165) is 0 Å². The number of imidazole rings is 1. The molecule has 0 bridgehead atoms. The van der Waals surface area contributed by atoms with Crippen molar-refractivity contribution in [2.45, 2.75) is 24.5 Å². The average Bonchev–Trinajstić information content (AvgIpc) is 2.94. The lowest BCUT2D eigenvalue weighted by atomic mass is 10.1. The van der Waals surface area contributed by atoms with Crippen LogP contribution in [0.1, 0.15) is 6.23 Å². The first-order valence-corrected chi connectivity index (χ1v) is 5.61. The number of aromatic amines is 1. The van der Waals surface area contributed by atoms with Crippen molar-refractivity contribution in [1.82, 2.24) is 19.5 Å². The van der Waals surface area contributed by atoms with Crippen LogP contribution in [0.2, 0.25) is 0 Å². The number of nitrogens with zero attached hydrogens (tertiary/aromatic N) is 3. The lowest BCUT2D eigenvalue weighted by Crippen LogP contribution is -2.32. The Morgan fingerprint density at radius 1 is 1.42 bits per heavy atom. The van der Waals surface area contributed by atoms with Crippen LogP contribution in [0.3, 0.4) is 0 Å². The van der Waals surface area contributed by atoms with Crippen LogP contribution < -0.4 is 5.56 Å². The molecule has 8 nitrogen and oxygen atoms in total. The molecule has 1 saturated heterocycles. The number of hydrogen-bond acceptors (Lipinski definition) is 6. The van der Waals surface area contributed by atoms with Crippen LogP contribution in [0.15, 0.2) is 17.4 Å². The highest BCUT2D eigenvalue weighted by atomic mass is 19.1. The molecule has 4 atom stereocenters. The second kappa shape index (κ2) is 4.37. The van der Waals surface area contributed by atoms with E-state index in [1.54, 1.807) is 0 Å². The topological polar surface area (TPSA) is 113 Å². The maximum Gasteiger partial charge on any atom is 0.278 e. The van der Waals surface area contributed by atoms with Crippen LogP contribution in [0.5, 0.6) is 0 Å². The molecular weight excluding hydrogens is 259 g/mol. The van der Waals surface area contributed by atoms with E-state index >= 15 is 0 Å². The largest absolute Gasteiger partial charge is 0.387 e. The van der Waals surface area contributed by atoms with Gasteiger partial charge in [0.25, 0.3) is 5.56 Å². The smallest absolute Gasteiger partial charge is 0.278 e. The van der Waals surface area contributed by atoms with Gasteiger partial charge in [-0.1, -0.05) is 0 Å². The molecule has 1 fully saturated rings. The van der Waals surface area contributed by atoms with Gasteiger partial charge >= 0.3 is 0 Å². The Kier molecular flexibility index (Phi) is 2.81. The van der Waals surface area contributed by atoms with Crippen LogP contribution in [-0.4, -0.2) is 54.7 Å². The summed E-state index contributed by atoms with van der Waals surface area (Å²) in [5.41, 5.74) is -0.158. The third-order valence-corrected chi connectivity index (χ3v) is 3.13. The van der Waals surface area contributed by atoms with Gasteiger partial charge in [0, 0.05) is 0 Å². The number of aliphatic hydroxyl groups is 2. The predicted octanol–water partition coefficient (Wildman–Crippen LogP) is -1.29. The maximum absolute atomic E-state index is 12.6. The molecule has 0 saturated carbocycles. The zero-order chi connectivity index (χ0) is 13.6. The summed E-state index contributed by atoms with van der Waals surface area (Å²) in [6.45, 7) is -0.921. The van der Waals surface area contributed by atoms with Crippen molar-refractivity contribution >= 4 is 11.2 Å². The number of halogens is 1. The average molecular weight is 270 g/mol. The molecule has 0 amide bonds. The second-order valence-electron chi connectivity index (χ2n) is 4.26. The summed E-state index contributed by atoms with van der Waals surface area (Å²) < 4.78 is 19.1. The number of aliphatic hydroxyl groups excluding tert-OH is 2. The maximum atomic E-state index is 12.6. The number of nitrogens with one attached hydrogen (secondary N) is 1. The molecular formula is C10H11FN4O4. The molecule has 0 radical (unpaired) electrons. The molecule has 2 aromatic heterocycles. The standard InChI is InChI=1S/C10H11FN4O4/c11-1-4-6(16)7(17)10(19-4)15-3-14-5-8(15)12-2-13-9(5)18/h2-4,6-7,10,16-17H,1H2,(H,12,13,18)/t4-,6+,7-,10+/m0/s1. The van der Waals surface area contributed by atoms with E-state index in [1.165, 1.54) is 17.2 Å².